The maximum atomic E-state index is 11.7. The fraction of sp³-hybridized carbons (Fsp3) is 0.538. The van der Waals surface area contributed by atoms with Crippen molar-refractivity contribution in [2.24, 2.45) is 5.10 Å². The van der Waals surface area contributed by atoms with Crippen molar-refractivity contribution in [3.8, 4) is 0 Å². The van der Waals surface area contributed by atoms with E-state index in [1.54, 1.807) is 0 Å². The van der Waals surface area contributed by atoms with Gasteiger partial charge in [0.1, 0.15) is 11.0 Å². The number of amides is 1. The SMILES string of the molecule is CCN(CC)CC1CN(/N=C/c2ccc([N+](=O)[O-])o2)C(=O)O1. The van der Waals surface area contributed by atoms with Crippen molar-refractivity contribution in [1.29, 1.82) is 0 Å². The number of ether oxygens (including phenoxy) is 1. The average molecular weight is 310 g/mol. The molecule has 1 saturated heterocycles. The molecule has 2 rings (SSSR count). The van der Waals surface area contributed by atoms with Crippen LogP contribution in [0.5, 0.6) is 0 Å². The van der Waals surface area contributed by atoms with Crippen LogP contribution in [0.15, 0.2) is 21.7 Å². The first kappa shape index (κ1) is 16.0. The third-order valence-electron chi connectivity index (χ3n) is 3.33. The van der Waals surface area contributed by atoms with E-state index in [9.17, 15) is 14.9 Å². The van der Waals surface area contributed by atoms with Gasteiger partial charge in [-0.1, -0.05) is 13.8 Å². The molecule has 9 nitrogen and oxygen atoms in total. The Bertz CT molecular complexity index is 567. The molecular formula is C13H18N4O5. The quantitative estimate of drug-likeness (QED) is 0.431. The molecule has 1 atom stereocenters. The molecule has 1 unspecified atom stereocenters. The number of cyclic esters (lactones) is 1. The minimum atomic E-state index is -0.637. The smallest absolute Gasteiger partial charge is 0.433 e. The molecular weight excluding hydrogens is 292 g/mol. The van der Waals surface area contributed by atoms with E-state index >= 15 is 0 Å². The number of nitro groups is 1. The summed E-state index contributed by atoms with van der Waals surface area (Å²) < 4.78 is 10.2. The number of hydrogen-bond donors (Lipinski definition) is 0. The van der Waals surface area contributed by atoms with Gasteiger partial charge < -0.3 is 14.1 Å². The van der Waals surface area contributed by atoms with Gasteiger partial charge in [-0.05, 0) is 19.2 Å². The third-order valence-corrected chi connectivity index (χ3v) is 3.33. The summed E-state index contributed by atoms with van der Waals surface area (Å²) in [6, 6.07) is 2.64. The zero-order valence-electron chi connectivity index (χ0n) is 12.5. The Morgan fingerprint density at radius 1 is 1.50 bits per heavy atom. The fourth-order valence-corrected chi connectivity index (χ4v) is 2.10. The van der Waals surface area contributed by atoms with Gasteiger partial charge in [0.05, 0.1) is 18.8 Å². The normalized spacial score (nSPS) is 18.4. The molecule has 120 valence electrons. The van der Waals surface area contributed by atoms with Gasteiger partial charge >= 0.3 is 12.0 Å². The second-order valence-electron chi connectivity index (χ2n) is 4.75. The second-order valence-corrected chi connectivity index (χ2v) is 4.75. The maximum absolute atomic E-state index is 11.7. The van der Waals surface area contributed by atoms with E-state index < -0.39 is 11.0 Å². The molecule has 1 fully saturated rings. The number of hydrogen-bond acceptors (Lipinski definition) is 7. The highest BCUT2D eigenvalue weighted by molar-refractivity contribution is 5.78. The highest BCUT2D eigenvalue weighted by Crippen LogP contribution is 2.16. The lowest BCUT2D eigenvalue weighted by atomic mass is 10.3. The van der Waals surface area contributed by atoms with Gasteiger partial charge in [-0.3, -0.25) is 10.1 Å². The molecule has 0 N–H and O–H groups in total. The summed E-state index contributed by atoms with van der Waals surface area (Å²) in [5.41, 5.74) is 0. The Morgan fingerprint density at radius 3 is 2.82 bits per heavy atom. The summed E-state index contributed by atoms with van der Waals surface area (Å²) >= 11 is 0. The number of nitrogens with zero attached hydrogens (tertiary/aromatic N) is 4. The molecule has 0 aliphatic carbocycles. The number of likely N-dealkylation sites (N-methyl/N-ethyl adjacent to an activating group) is 1. The van der Waals surface area contributed by atoms with E-state index in [0.29, 0.717) is 13.1 Å². The van der Waals surface area contributed by atoms with Gasteiger partial charge in [0.2, 0.25) is 0 Å². The minimum absolute atomic E-state index is 0.201. The molecule has 1 aromatic rings. The van der Waals surface area contributed by atoms with E-state index in [4.69, 9.17) is 9.15 Å². The van der Waals surface area contributed by atoms with Crippen molar-refractivity contribution in [2.45, 2.75) is 20.0 Å². The van der Waals surface area contributed by atoms with Crippen molar-refractivity contribution in [3.05, 3.63) is 28.0 Å². The van der Waals surface area contributed by atoms with E-state index in [1.807, 2.05) is 13.8 Å². The Kier molecular flexibility index (Phi) is 5.10. The molecule has 1 aliphatic heterocycles. The van der Waals surface area contributed by atoms with Crippen LogP contribution in [-0.4, -0.2) is 59.4 Å². The van der Waals surface area contributed by atoms with Gasteiger partial charge in [-0.2, -0.15) is 10.1 Å². The maximum Gasteiger partial charge on any atom is 0.433 e. The van der Waals surface area contributed by atoms with Gasteiger partial charge in [0, 0.05) is 6.54 Å². The summed E-state index contributed by atoms with van der Waals surface area (Å²) in [5.74, 6) is -0.170. The second kappa shape index (κ2) is 7.03. The first-order chi connectivity index (χ1) is 10.5. The van der Waals surface area contributed by atoms with Crippen LogP contribution in [-0.2, 0) is 4.74 Å². The molecule has 0 bridgehead atoms. The molecule has 9 heteroatoms. The molecule has 1 amide bonds. The Balaban J connectivity index is 1.93. The van der Waals surface area contributed by atoms with Crippen LogP contribution in [0.2, 0.25) is 0 Å². The molecule has 0 aromatic carbocycles. The van der Waals surface area contributed by atoms with Crippen molar-refractivity contribution in [3.63, 3.8) is 0 Å². The summed E-state index contributed by atoms with van der Waals surface area (Å²) in [6.07, 6.45) is 0.485. The van der Waals surface area contributed by atoms with Gasteiger partial charge in [0.15, 0.2) is 5.76 Å². The summed E-state index contributed by atoms with van der Waals surface area (Å²) in [4.78, 5) is 23.7. The van der Waals surface area contributed by atoms with Crippen LogP contribution in [0.1, 0.15) is 19.6 Å². The van der Waals surface area contributed by atoms with E-state index in [2.05, 4.69) is 10.0 Å². The van der Waals surface area contributed by atoms with Gasteiger partial charge in [-0.25, -0.2) is 4.79 Å². The van der Waals surface area contributed by atoms with Crippen molar-refractivity contribution in [2.75, 3.05) is 26.2 Å². The van der Waals surface area contributed by atoms with Crippen LogP contribution in [0.3, 0.4) is 0 Å². The Labute approximate surface area is 127 Å². The van der Waals surface area contributed by atoms with Crippen molar-refractivity contribution >= 4 is 18.2 Å². The van der Waals surface area contributed by atoms with Crippen LogP contribution < -0.4 is 0 Å². The standard InChI is InChI=1S/C13H18N4O5/c1-3-15(4-2)8-11-9-16(13(18)22-11)14-7-10-5-6-12(21-10)17(19)20/h5-7,11H,3-4,8-9H2,1-2H3/b14-7+. The zero-order valence-corrected chi connectivity index (χ0v) is 12.5. The van der Waals surface area contributed by atoms with Crippen LogP contribution in [0, 0.1) is 10.1 Å². The first-order valence-electron chi connectivity index (χ1n) is 7.02. The predicted molar refractivity (Wildman–Crippen MR) is 77.7 cm³/mol. The number of furan rings is 1. The summed E-state index contributed by atoms with van der Waals surface area (Å²) in [6.45, 7) is 6.83. The fourth-order valence-electron chi connectivity index (χ4n) is 2.10. The molecule has 0 radical (unpaired) electrons. The van der Waals surface area contributed by atoms with E-state index in [1.165, 1.54) is 23.4 Å². The molecule has 1 aromatic heterocycles. The third kappa shape index (κ3) is 3.82. The zero-order chi connectivity index (χ0) is 16.1. The number of carbonyl (C=O) groups excluding carboxylic acids is 1. The molecule has 0 saturated carbocycles. The molecule has 2 heterocycles. The van der Waals surface area contributed by atoms with Gasteiger partial charge in [-0.15, -0.1) is 0 Å². The Morgan fingerprint density at radius 2 is 2.23 bits per heavy atom. The lowest BCUT2D eigenvalue weighted by Crippen LogP contribution is -2.34. The minimum Gasteiger partial charge on any atom is -0.441 e. The van der Waals surface area contributed by atoms with E-state index in [-0.39, 0.29) is 17.7 Å². The monoisotopic (exact) mass is 310 g/mol. The van der Waals surface area contributed by atoms with Crippen LogP contribution in [0.4, 0.5) is 10.7 Å². The summed E-state index contributed by atoms with van der Waals surface area (Å²) in [5, 5.41) is 15.6. The average Bonchev–Trinajstić information content (AvgIpc) is 3.09. The lowest BCUT2D eigenvalue weighted by Gasteiger charge is -2.20. The topological polar surface area (TPSA) is 101 Å². The highest BCUT2D eigenvalue weighted by Gasteiger charge is 2.32. The Hall–Kier alpha value is -2.42. The first-order valence-corrected chi connectivity index (χ1v) is 7.02. The largest absolute Gasteiger partial charge is 0.441 e. The van der Waals surface area contributed by atoms with Crippen molar-refractivity contribution in [1.82, 2.24) is 9.91 Å². The van der Waals surface area contributed by atoms with Crippen molar-refractivity contribution < 1.29 is 18.9 Å². The number of rotatable bonds is 7. The highest BCUT2D eigenvalue weighted by atomic mass is 16.6. The van der Waals surface area contributed by atoms with Gasteiger partial charge in [0.25, 0.3) is 0 Å². The van der Waals surface area contributed by atoms with E-state index in [0.717, 1.165) is 13.1 Å². The molecule has 0 spiro atoms. The predicted octanol–water partition coefficient (Wildman–Crippen LogP) is 1.68. The van der Waals surface area contributed by atoms with Crippen LogP contribution in [0.25, 0.3) is 0 Å². The summed E-state index contributed by atoms with van der Waals surface area (Å²) in [7, 11) is 0. The lowest BCUT2D eigenvalue weighted by molar-refractivity contribution is -0.402. The molecule has 22 heavy (non-hydrogen) atoms. The number of hydrazone groups is 1. The number of carbonyl (C=O) groups is 1. The van der Waals surface area contributed by atoms with Crippen LogP contribution >= 0.6 is 0 Å². The molecule has 1 aliphatic rings.